The molecule has 0 saturated heterocycles. The van der Waals surface area contributed by atoms with Crippen molar-refractivity contribution in [3.63, 3.8) is 0 Å². The molecule has 0 spiro atoms. The van der Waals surface area contributed by atoms with Gasteiger partial charge in [-0.3, -0.25) is 0 Å². The van der Waals surface area contributed by atoms with Gasteiger partial charge in [0.2, 0.25) is 0 Å². The normalized spacial score (nSPS) is 11.7. The van der Waals surface area contributed by atoms with E-state index in [9.17, 15) is 0 Å². The van der Waals surface area contributed by atoms with Crippen LogP contribution in [0.15, 0.2) is 66.2 Å². The third-order valence-corrected chi connectivity index (χ3v) is 4.40. The second-order valence-corrected chi connectivity index (χ2v) is 6.21. The van der Waals surface area contributed by atoms with Gasteiger partial charge < -0.3 is 5.73 Å². The molecule has 0 aliphatic rings. The minimum absolute atomic E-state index is 0.809. The summed E-state index contributed by atoms with van der Waals surface area (Å²) in [6.07, 6.45) is 1.81. The molecular formula is C22H22N2. The molecule has 24 heavy (non-hydrogen) atoms. The minimum atomic E-state index is 0.809. The van der Waals surface area contributed by atoms with Gasteiger partial charge in [0, 0.05) is 11.3 Å². The second-order valence-electron chi connectivity index (χ2n) is 6.21. The van der Waals surface area contributed by atoms with Crippen LogP contribution < -0.4 is 5.73 Å². The van der Waals surface area contributed by atoms with E-state index in [-0.39, 0.29) is 0 Å². The van der Waals surface area contributed by atoms with Crippen molar-refractivity contribution >= 4 is 27.9 Å². The lowest BCUT2D eigenvalue weighted by Gasteiger charge is -2.10. The number of anilines is 1. The Morgan fingerprint density at radius 1 is 0.917 bits per heavy atom. The fourth-order valence-corrected chi connectivity index (χ4v) is 2.91. The van der Waals surface area contributed by atoms with Crippen LogP contribution in [0.2, 0.25) is 0 Å². The van der Waals surface area contributed by atoms with Gasteiger partial charge in [-0.05, 0) is 78.6 Å². The van der Waals surface area contributed by atoms with E-state index in [1.54, 1.807) is 0 Å². The van der Waals surface area contributed by atoms with Crippen molar-refractivity contribution < 1.29 is 0 Å². The summed E-state index contributed by atoms with van der Waals surface area (Å²) >= 11 is 0. The Kier molecular flexibility index (Phi) is 4.22. The molecule has 0 aromatic heterocycles. The average Bonchev–Trinajstić information content (AvgIpc) is 2.55. The molecule has 3 aromatic carbocycles. The van der Waals surface area contributed by atoms with Gasteiger partial charge in [-0.15, -0.1) is 0 Å². The Bertz CT molecular complexity index is 965. The number of hydrogen-bond acceptors (Lipinski definition) is 2. The molecule has 2 heteroatoms. The Balaban J connectivity index is 2.17. The van der Waals surface area contributed by atoms with Crippen molar-refractivity contribution in [2.75, 3.05) is 5.73 Å². The summed E-state index contributed by atoms with van der Waals surface area (Å²) in [7, 11) is 0. The topological polar surface area (TPSA) is 38.4 Å². The summed E-state index contributed by atoms with van der Waals surface area (Å²) in [6.45, 7) is 10.1. The van der Waals surface area contributed by atoms with Gasteiger partial charge >= 0.3 is 0 Å². The zero-order valence-electron chi connectivity index (χ0n) is 14.4. The highest BCUT2D eigenvalue weighted by atomic mass is 14.7. The second kappa shape index (κ2) is 6.32. The molecule has 0 fully saturated rings. The highest BCUT2D eigenvalue weighted by molar-refractivity contribution is 6.10. The van der Waals surface area contributed by atoms with E-state index in [0.29, 0.717) is 0 Å². The Morgan fingerprint density at radius 3 is 2.29 bits per heavy atom. The first-order valence-corrected chi connectivity index (χ1v) is 8.07. The van der Waals surface area contributed by atoms with E-state index in [4.69, 9.17) is 10.7 Å². The van der Waals surface area contributed by atoms with Crippen molar-refractivity contribution in [1.82, 2.24) is 0 Å². The molecule has 3 rings (SSSR count). The predicted molar refractivity (Wildman–Crippen MR) is 105 cm³/mol. The van der Waals surface area contributed by atoms with Crippen LogP contribution in [0.4, 0.5) is 11.4 Å². The van der Waals surface area contributed by atoms with E-state index < -0.39 is 0 Å². The molecule has 2 nitrogen and oxygen atoms in total. The highest BCUT2D eigenvalue weighted by Crippen LogP contribution is 2.29. The van der Waals surface area contributed by atoms with Gasteiger partial charge in [0.1, 0.15) is 0 Å². The van der Waals surface area contributed by atoms with Crippen LogP contribution in [0.5, 0.6) is 0 Å². The smallest absolute Gasteiger partial charge is 0.0706 e. The lowest BCUT2D eigenvalue weighted by molar-refractivity contribution is 1.39. The Morgan fingerprint density at radius 2 is 1.58 bits per heavy atom. The monoisotopic (exact) mass is 314 g/mol. The molecule has 0 amide bonds. The summed E-state index contributed by atoms with van der Waals surface area (Å²) in [5, 5.41) is 2.30. The maximum absolute atomic E-state index is 6.06. The van der Waals surface area contributed by atoms with Crippen molar-refractivity contribution in [2.24, 2.45) is 4.99 Å². The van der Waals surface area contributed by atoms with Crippen LogP contribution in [-0.4, -0.2) is 5.71 Å². The van der Waals surface area contributed by atoms with Gasteiger partial charge in [-0.1, -0.05) is 30.8 Å². The van der Waals surface area contributed by atoms with Crippen molar-refractivity contribution in [1.29, 1.82) is 0 Å². The van der Waals surface area contributed by atoms with Crippen LogP contribution in [0.25, 0.3) is 10.8 Å². The van der Waals surface area contributed by atoms with Crippen molar-refractivity contribution in [3.05, 3.63) is 83.4 Å². The standard InChI is InChI=1S/C22H22N2/c1-5-21(19-9-7-6-8-14(19)2)24-22-13-18-12-20(23)15(3)10-17(18)11-16(22)4/h5-13H,1,23H2,2-4H3/b24-21+. The fourth-order valence-electron chi connectivity index (χ4n) is 2.91. The average molecular weight is 314 g/mol. The van der Waals surface area contributed by atoms with Crippen LogP contribution in [0, 0.1) is 20.8 Å². The van der Waals surface area contributed by atoms with Crippen LogP contribution in [-0.2, 0) is 0 Å². The first kappa shape index (κ1) is 16.0. The number of fused-ring (bicyclic) bond motifs is 1. The highest BCUT2D eigenvalue weighted by Gasteiger charge is 2.07. The molecule has 0 saturated carbocycles. The van der Waals surface area contributed by atoms with Gasteiger partial charge in [-0.2, -0.15) is 0 Å². The summed E-state index contributed by atoms with van der Waals surface area (Å²) < 4.78 is 0. The van der Waals surface area contributed by atoms with E-state index in [1.165, 1.54) is 10.9 Å². The number of hydrogen-bond donors (Lipinski definition) is 1. The predicted octanol–water partition coefficient (Wildman–Crippen LogP) is 5.65. The Hall–Kier alpha value is -2.87. The molecule has 0 heterocycles. The summed E-state index contributed by atoms with van der Waals surface area (Å²) in [4.78, 5) is 4.87. The molecule has 2 N–H and O–H groups in total. The van der Waals surface area contributed by atoms with Crippen molar-refractivity contribution in [2.45, 2.75) is 20.8 Å². The molecular weight excluding hydrogens is 292 g/mol. The van der Waals surface area contributed by atoms with Crippen LogP contribution in [0.3, 0.4) is 0 Å². The van der Waals surface area contributed by atoms with Crippen molar-refractivity contribution in [3.8, 4) is 0 Å². The van der Waals surface area contributed by atoms with Gasteiger partial charge in [0.05, 0.1) is 11.4 Å². The van der Waals surface area contributed by atoms with E-state index in [1.807, 2.05) is 31.2 Å². The SMILES string of the molecule is C=C/C(=N\c1cc2cc(N)c(C)cc2cc1C)c1ccccc1C. The summed E-state index contributed by atoms with van der Waals surface area (Å²) in [5.41, 5.74) is 13.2. The third kappa shape index (κ3) is 2.95. The number of aryl methyl sites for hydroxylation is 3. The number of nitrogen functional groups attached to an aromatic ring is 1. The molecule has 0 aliphatic carbocycles. The number of benzene rings is 3. The number of nitrogens with zero attached hydrogens (tertiary/aromatic N) is 1. The van der Waals surface area contributed by atoms with Crippen LogP contribution in [0.1, 0.15) is 22.3 Å². The maximum atomic E-state index is 6.06. The first-order valence-electron chi connectivity index (χ1n) is 8.07. The molecule has 0 radical (unpaired) electrons. The zero-order valence-corrected chi connectivity index (χ0v) is 14.4. The molecule has 0 unspecified atom stereocenters. The van der Waals surface area contributed by atoms with E-state index in [2.05, 4.69) is 50.8 Å². The van der Waals surface area contributed by atoms with Crippen LogP contribution >= 0.6 is 0 Å². The summed E-state index contributed by atoms with van der Waals surface area (Å²) in [6, 6.07) is 16.6. The number of allylic oxidation sites excluding steroid dienone is 1. The molecule has 3 aromatic rings. The van der Waals surface area contributed by atoms with Gasteiger partial charge in [0.15, 0.2) is 0 Å². The molecule has 0 aliphatic heterocycles. The van der Waals surface area contributed by atoms with Gasteiger partial charge in [0.25, 0.3) is 0 Å². The number of aliphatic imine (C=N–C) groups is 1. The maximum Gasteiger partial charge on any atom is 0.0706 e. The number of nitrogens with two attached hydrogens (primary N) is 1. The third-order valence-electron chi connectivity index (χ3n) is 4.40. The molecule has 0 atom stereocenters. The summed E-state index contributed by atoms with van der Waals surface area (Å²) in [5.74, 6) is 0. The molecule has 120 valence electrons. The largest absolute Gasteiger partial charge is 0.398 e. The number of rotatable bonds is 3. The first-order chi connectivity index (χ1) is 11.5. The lowest BCUT2D eigenvalue weighted by Crippen LogP contribution is -1.99. The van der Waals surface area contributed by atoms with Gasteiger partial charge in [-0.25, -0.2) is 4.99 Å². The Labute approximate surface area is 143 Å². The lowest BCUT2D eigenvalue weighted by atomic mass is 10.0. The fraction of sp³-hybridized carbons (Fsp3) is 0.136. The van der Waals surface area contributed by atoms with E-state index >= 15 is 0 Å². The minimum Gasteiger partial charge on any atom is -0.398 e. The zero-order chi connectivity index (χ0) is 17.3. The molecule has 0 bridgehead atoms. The van der Waals surface area contributed by atoms with E-state index in [0.717, 1.165) is 39.2 Å². The quantitative estimate of drug-likeness (QED) is 0.492.